The van der Waals surface area contributed by atoms with Crippen LogP contribution in [0.3, 0.4) is 0 Å². The molecule has 4 aromatic rings. The van der Waals surface area contributed by atoms with Gasteiger partial charge < -0.3 is 15.0 Å². The number of halogens is 1. The molecule has 1 saturated heterocycles. The molecule has 1 N–H and O–H groups in total. The van der Waals surface area contributed by atoms with Crippen molar-refractivity contribution in [3.8, 4) is 11.3 Å². The van der Waals surface area contributed by atoms with E-state index in [1.165, 1.54) is 0 Å². The van der Waals surface area contributed by atoms with E-state index in [1.54, 1.807) is 12.4 Å². The third-order valence-corrected chi connectivity index (χ3v) is 5.28. The molecule has 0 unspecified atom stereocenters. The van der Waals surface area contributed by atoms with E-state index in [0.29, 0.717) is 26.3 Å². The first kappa shape index (κ1) is 22.4. The van der Waals surface area contributed by atoms with E-state index in [4.69, 9.17) is 4.74 Å². The van der Waals surface area contributed by atoms with Crippen LogP contribution >= 0.6 is 0 Å². The molecular weight excluding hydrogens is 449 g/mol. The van der Waals surface area contributed by atoms with E-state index in [0.717, 1.165) is 34.5 Å². The quantitative estimate of drug-likeness (QED) is 0.396. The van der Waals surface area contributed by atoms with Crippen LogP contribution in [0, 0.1) is 5.82 Å². The number of nitrogens with zero attached hydrogens (tertiary/aromatic N) is 8. The highest BCUT2D eigenvalue weighted by Crippen LogP contribution is 2.22. The molecule has 0 aliphatic carbocycles. The molecule has 1 aliphatic heterocycles. The highest BCUT2D eigenvalue weighted by molar-refractivity contribution is 5.65. The minimum Gasteiger partial charge on any atom is -0.378 e. The monoisotopic (exact) mass is 471 g/mol. The molecule has 1 aromatic carbocycles. The normalized spacial score (nSPS) is 13.8. The van der Waals surface area contributed by atoms with E-state index in [9.17, 15) is 4.39 Å². The summed E-state index contributed by atoms with van der Waals surface area (Å²) in [5.74, 6) is -0.161. The standard InChI is InChI=1S/C24H22FN9O/c25-21-16-27-24(31-23(21)34-10-12-35-13-11-34)33-29-15-19-7-8-20(14-26-19)30-18-5-3-17(4-6-18)22-2-1-9-28-32-22/h1-9,14,16,30H,10-13,15H2. The largest absolute Gasteiger partial charge is 0.378 e. The van der Waals surface area contributed by atoms with Crippen LogP contribution in [0.25, 0.3) is 11.3 Å². The van der Waals surface area contributed by atoms with Crippen molar-refractivity contribution in [1.29, 1.82) is 0 Å². The van der Waals surface area contributed by atoms with Gasteiger partial charge in [0.25, 0.3) is 5.95 Å². The first-order valence-electron chi connectivity index (χ1n) is 11.1. The highest BCUT2D eigenvalue weighted by atomic mass is 19.1. The number of rotatable bonds is 7. The fraction of sp³-hybridized carbons (Fsp3) is 0.208. The number of nitrogens with one attached hydrogen (secondary N) is 1. The second-order valence-electron chi connectivity index (χ2n) is 7.69. The van der Waals surface area contributed by atoms with E-state index in [-0.39, 0.29) is 18.3 Å². The van der Waals surface area contributed by atoms with Gasteiger partial charge in [-0.3, -0.25) is 4.98 Å². The molecule has 176 valence electrons. The summed E-state index contributed by atoms with van der Waals surface area (Å²) in [6, 6.07) is 15.5. The van der Waals surface area contributed by atoms with Crippen LogP contribution in [0.2, 0.25) is 0 Å². The van der Waals surface area contributed by atoms with Gasteiger partial charge in [0.1, 0.15) is 6.54 Å². The Morgan fingerprint density at radius 2 is 1.80 bits per heavy atom. The lowest BCUT2D eigenvalue weighted by Crippen LogP contribution is -2.37. The Bertz CT molecular complexity index is 1280. The van der Waals surface area contributed by atoms with Crippen LogP contribution in [0.5, 0.6) is 0 Å². The number of ether oxygens (including phenoxy) is 1. The first-order valence-corrected chi connectivity index (χ1v) is 11.1. The zero-order chi connectivity index (χ0) is 23.9. The molecule has 0 spiro atoms. The lowest BCUT2D eigenvalue weighted by molar-refractivity contribution is 0.122. The van der Waals surface area contributed by atoms with Crippen molar-refractivity contribution in [2.45, 2.75) is 6.54 Å². The topological polar surface area (TPSA) is 114 Å². The van der Waals surface area contributed by atoms with Crippen molar-refractivity contribution < 1.29 is 9.13 Å². The number of aromatic nitrogens is 5. The van der Waals surface area contributed by atoms with Gasteiger partial charge in [0, 0.05) is 30.5 Å². The maximum Gasteiger partial charge on any atom is 0.270 e. The number of pyridine rings is 1. The number of hydrogen-bond donors (Lipinski definition) is 1. The minimum absolute atomic E-state index is 0.108. The van der Waals surface area contributed by atoms with Crippen molar-refractivity contribution in [2.75, 3.05) is 36.5 Å². The van der Waals surface area contributed by atoms with Gasteiger partial charge in [-0.2, -0.15) is 20.3 Å². The molecule has 35 heavy (non-hydrogen) atoms. The number of azo groups is 1. The molecule has 5 rings (SSSR count). The maximum absolute atomic E-state index is 14.1. The van der Waals surface area contributed by atoms with Crippen molar-refractivity contribution in [1.82, 2.24) is 25.1 Å². The number of benzene rings is 1. The molecule has 10 nitrogen and oxygen atoms in total. The molecule has 1 fully saturated rings. The Morgan fingerprint density at radius 3 is 2.54 bits per heavy atom. The second kappa shape index (κ2) is 10.7. The molecular formula is C24H22FN9O. The number of morpholine rings is 1. The summed E-state index contributed by atoms with van der Waals surface area (Å²) >= 11 is 0. The van der Waals surface area contributed by atoms with E-state index in [1.807, 2.05) is 53.4 Å². The van der Waals surface area contributed by atoms with Crippen LogP contribution < -0.4 is 10.2 Å². The third kappa shape index (κ3) is 5.76. The highest BCUT2D eigenvalue weighted by Gasteiger charge is 2.17. The average molecular weight is 472 g/mol. The Morgan fingerprint density at radius 1 is 0.971 bits per heavy atom. The molecule has 4 heterocycles. The lowest BCUT2D eigenvalue weighted by Gasteiger charge is -2.27. The first-order chi connectivity index (χ1) is 17.2. The predicted octanol–water partition coefficient (Wildman–Crippen LogP) is 4.33. The molecule has 11 heteroatoms. The van der Waals surface area contributed by atoms with Crippen molar-refractivity contribution in [3.63, 3.8) is 0 Å². The lowest BCUT2D eigenvalue weighted by atomic mass is 10.1. The summed E-state index contributed by atoms with van der Waals surface area (Å²) in [4.78, 5) is 14.3. The van der Waals surface area contributed by atoms with Gasteiger partial charge >= 0.3 is 0 Å². The smallest absolute Gasteiger partial charge is 0.270 e. The molecule has 1 aliphatic rings. The Balaban J connectivity index is 1.18. The van der Waals surface area contributed by atoms with E-state index in [2.05, 4.69) is 40.7 Å². The zero-order valence-corrected chi connectivity index (χ0v) is 18.8. The van der Waals surface area contributed by atoms with E-state index < -0.39 is 5.82 Å². The van der Waals surface area contributed by atoms with Crippen LogP contribution in [0.15, 0.2) is 77.3 Å². The van der Waals surface area contributed by atoms with Crippen LogP contribution in [-0.2, 0) is 11.3 Å². The second-order valence-corrected chi connectivity index (χ2v) is 7.69. The third-order valence-electron chi connectivity index (χ3n) is 5.28. The SMILES string of the molecule is Fc1cnc(N=NCc2ccc(Nc3ccc(-c4cccnn4)cc3)cn2)nc1N1CCOCC1. The fourth-order valence-corrected chi connectivity index (χ4v) is 3.50. The van der Waals surface area contributed by atoms with Gasteiger partial charge in [-0.25, -0.2) is 9.37 Å². The van der Waals surface area contributed by atoms with E-state index >= 15 is 0 Å². The summed E-state index contributed by atoms with van der Waals surface area (Å²) in [6.45, 7) is 2.46. The number of hydrogen-bond acceptors (Lipinski definition) is 10. The summed E-state index contributed by atoms with van der Waals surface area (Å²) in [5, 5.41) is 19.5. The zero-order valence-electron chi connectivity index (χ0n) is 18.8. The molecule has 0 atom stereocenters. The summed E-state index contributed by atoms with van der Waals surface area (Å²) in [7, 11) is 0. The van der Waals surface area contributed by atoms with Gasteiger partial charge in [-0.15, -0.1) is 5.11 Å². The number of anilines is 3. The molecule has 0 bridgehead atoms. The average Bonchev–Trinajstić information content (AvgIpc) is 2.92. The van der Waals surface area contributed by atoms with Gasteiger partial charge in [-0.1, -0.05) is 12.1 Å². The van der Waals surface area contributed by atoms with Gasteiger partial charge in [0.15, 0.2) is 11.6 Å². The summed E-state index contributed by atoms with van der Waals surface area (Å²) < 4.78 is 19.4. The molecule has 3 aromatic heterocycles. The van der Waals surface area contributed by atoms with Crippen molar-refractivity contribution in [2.24, 2.45) is 10.2 Å². The summed E-state index contributed by atoms with van der Waals surface area (Å²) in [6.07, 6.45) is 4.49. The van der Waals surface area contributed by atoms with Crippen LogP contribution in [0.1, 0.15) is 5.69 Å². The van der Waals surface area contributed by atoms with Crippen LogP contribution in [0.4, 0.5) is 27.5 Å². The Kier molecular flexibility index (Phi) is 6.85. The predicted molar refractivity (Wildman–Crippen MR) is 128 cm³/mol. The minimum atomic E-state index is -0.487. The van der Waals surface area contributed by atoms with Crippen molar-refractivity contribution in [3.05, 3.63) is 78.6 Å². The molecule has 0 amide bonds. The fourth-order valence-electron chi connectivity index (χ4n) is 3.50. The maximum atomic E-state index is 14.1. The summed E-state index contributed by atoms with van der Waals surface area (Å²) in [5.41, 5.74) is 4.31. The molecule has 0 saturated carbocycles. The van der Waals surface area contributed by atoms with Gasteiger partial charge in [0.05, 0.1) is 42.7 Å². The van der Waals surface area contributed by atoms with Crippen molar-refractivity contribution >= 4 is 23.1 Å². The Labute approximate surface area is 201 Å². The Hall–Kier alpha value is -4.38. The van der Waals surface area contributed by atoms with Gasteiger partial charge in [-0.05, 0) is 36.4 Å². The van der Waals surface area contributed by atoms with Gasteiger partial charge in [0.2, 0.25) is 0 Å². The van der Waals surface area contributed by atoms with Crippen LogP contribution in [-0.4, -0.2) is 51.5 Å². The molecule has 0 radical (unpaired) electrons.